The first-order valence-corrected chi connectivity index (χ1v) is 10.3. The number of H-pyrrole nitrogens is 1. The average Bonchev–Trinajstić information content (AvgIpc) is 2.90. The van der Waals surface area contributed by atoms with Crippen LogP contribution < -0.4 is 15.8 Å². The van der Waals surface area contributed by atoms with E-state index in [4.69, 9.17) is 4.98 Å². The molecule has 0 spiro atoms. The van der Waals surface area contributed by atoms with E-state index in [-0.39, 0.29) is 11.5 Å². The van der Waals surface area contributed by atoms with Crippen molar-refractivity contribution in [3.63, 3.8) is 0 Å². The van der Waals surface area contributed by atoms with E-state index >= 15 is 0 Å². The number of aromatic amines is 1. The molecule has 0 fully saturated rings. The van der Waals surface area contributed by atoms with Gasteiger partial charge in [0.05, 0.1) is 11.9 Å². The number of fused-ring (bicyclic) bond motifs is 1. The Morgan fingerprint density at radius 1 is 1.35 bits per heavy atom. The van der Waals surface area contributed by atoms with Gasteiger partial charge in [-0.15, -0.1) is 11.3 Å². The van der Waals surface area contributed by atoms with Crippen molar-refractivity contribution in [2.24, 2.45) is 5.92 Å². The van der Waals surface area contributed by atoms with Crippen LogP contribution in [0.2, 0.25) is 0 Å². The fourth-order valence-corrected chi connectivity index (χ4v) is 4.15. The van der Waals surface area contributed by atoms with Gasteiger partial charge in [-0.1, -0.05) is 20.3 Å². The minimum absolute atomic E-state index is 0.0237. The number of carbonyl (C=O) groups excluding carboxylic acids is 1. The molecule has 0 saturated heterocycles. The van der Waals surface area contributed by atoms with Crippen molar-refractivity contribution in [3.8, 4) is 0 Å². The van der Waals surface area contributed by atoms with Gasteiger partial charge in [-0.3, -0.25) is 9.59 Å². The predicted octanol–water partition coefficient (Wildman–Crippen LogP) is 1.42. The van der Waals surface area contributed by atoms with Crippen LogP contribution in [-0.2, 0) is 17.8 Å². The lowest BCUT2D eigenvalue weighted by Crippen LogP contribution is -3.11. The van der Waals surface area contributed by atoms with Crippen LogP contribution >= 0.6 is 11.3 Å². The fourth-order valence-electron chi connectivity index (χ4n) is 3.08. The number of aryl methyl sites for hydroxylation is 1. The van der Waals surface area contributed by atoms with Gasteiger partial charge in [0.2, 0.25) is 0 Å². The van der Waals surface area contributed by atoms with Crippen LogP contribution in [0.4, 0.5) is 0 Å². The Morgan fingerprint density at radius 2 is 2.08 bits per heavy atom. The highest BCUT2D eigenvalue weighted by Gasteiger charge is 2.19. The minimum Gasteiger partial charge on any atom is -0.351 e. The number of carbonyl (C=O) groups is 1. The van der Waals surface area contributed by atoms with Crippen LogP contribution in [-0.4, -0.2) is 35.5 Å². The van der Waals surface area contributed by atoms with Crippen molar-refractivity contribution in [2.75, 3.05) is 19.6 Å². The minimum atomic E-state index is -0.0545. The smallest absolute Gasteiger partial charge is 0.275 e. The number of nitrogens with zero attached hydrogens (tertiary/aromatic N) is 1. The van der Waals surface area contributed by atoms with E-state index in [1.54, 1.807) is 11.3 Å². The first-order valence-electron chi connectivity index (χ1n) is 9.50. The molecule has 6 nitrogen and oxygen atoms in total. The summed E-state index contributed by atoms with van der Waals surface area (Å²) in [6.45, 7) is 12.7. The third-order valence-electron chi connectivity index (χ3n) is 4.86. The van der Waals surface area contributed by atoms with E-state index in [1.165, 1.54) is 4.88 Å². The number of thiophene rings is 1. The highest BCUT2D eigenvalue weighted by molar-refractivity contribution is 7.18. The van der Waals surface area contributed by atoms with Crippen molar-refractivity contribution < 1.29 is 9.69 Å². The topological polar surface area (TPSA) is 79.3 Å². The molecule has 2 heterocycles. The van der Waals surface area contributed by atoms with Gasteiger partial charge in [-0.2, -0.15) is 0 Å². The molecular formula is C19H31N4O2S+. The summed E-state index contributed by atoms with van der Waals surface area (Å²) in [5.41, 5.74) is 1.09. The van der Waals surface area contributed by atoms with Crippen LogP contribution in [0.1, 0.15) is 50.4 Å². The first kappa shape index (κ1) is 20.6. The molecule has 1 amide bonds. The van der Waals surface area contributed by atoms with Crippen molar-refractivity contribution in [2.45, 2.75) is 54.0 Å². The molecule has 7 heteroatoms. The third-order valence-corrected chi connectivity index (χ3v) is 5.90. The zero-order valence-corrected chi connectivity index (χ0v) is 17.3. The maximum Gasteiger partial charge on any atom is 0.275 e. The maximum absolute atomic E-state index is 12.7. The van der Waals surface area contributed by atoms with Crippen LogP contribution in [0.3, 0.4) is 0 Å². The number of quaternary nitrogens is 1. The molecular weight excluding hydrogens is 348 g/mol. The Balaban J connectivity index is 2.28. The van der Waals surface area contributed by atoms with Crippen molar-refractivity contribution >= 4 is 27.5 Å². The van der Waals surface area contributed by atoms with E-state index in [2.05, 4.69) is 31.1 Å². The Hall–Kier alpha value is -1.73. The van der Waals surface area contributed by atoms with E-state index in [0.717, 1.165) is 40.1 Å². The first-order chi connectivity index (χ1) is 12.4. The maximum atomic E-state index is 12.7. The van der Waals surface area contributed by atoms with Crippen LogP contribution in [0.25, 0.3) is 10.2 Å². The van der Waals surface area contributed by atoms with E-state index < -0.39 is 0 Å². The highest BCUT2D eigenvalue weighted by atomic mass is 32.1. The summed E-state index contributed by atoms with van der Waals surface area (Å²) in [6.07, 6.45) is 2.00. The Labute approximate surface area is 159 Å². The number of amides is 1. The highest BCUT2D eigenvalue weighted by Crippen LogP contribution is 2.29. The molecule has 26 heavy (non-hydrogen) atoms. The van der Waals surface area contributed by atoms with Crippen LogP contribution in [0.15, 0.2) is 4.79 Å². The Kier molecular flexibility index (Phi) is 7.34. The molecule has 0 aliphatic rings. The molecule has 0 aromatic carbocycles. The molecule has 144 valence electrons. The quantitative estimate of drug-likeness (QED) is 0.617. The number of likely N-dealkylation sites (N-methyl/N-ethyl adjacent to an activating group) is 2. The van der Waals surface area contributed by atoms with Gasteiger partial charge in [0.1, 0.15) is 11.4 Å². The van der Waals surface area contributed by atoms with Gasteiger partial charge < -0.3 is 15.2 Å². The van der Waals surface area contributed by atoms with E-state index in [0.29, 0.717) is 31.4 Å². The standard InChI is InChI=1S/C19H30N4O2S/c1-6-12(4)9-14-13(5)26-19-17(14)18(25)21-15(22-19)10-23(8-3)11-16(24)20-7-2/h12H,6-11H2,1-5H3,(H,20,24)(H,21,22,25)/p+1/t12-/m1/s1. The van der Waals surface area contributed by atoms with Gasteiger partial charge >= 0.3 is 0 Å². The fraction of sp³-hybridized carbons (Fsp3) is 0.632. The second kappa shape index (κ2) is 9.28. The number of hydrogen-bond donors (Lipinski definition) is 3. The van der Waals surface area contributed by atoms with Gasteiger partial charge in [0, 0.05) is 11.4 Å². The summed E-state index contributed by atoms with van der Waals surface area (Å²) in [4.78, 5) is 35.3. The Bertz CT molecular complexity index is 812. The largest absolute Gasteiger partial charge is 0.351 e. The van der Waals surface area contributed by atoms with Crippen molar-refractivity contribution in [1.29, 1.82) is 0 Å². The molecule has 0 radical (unpaired) electrons. The molecule has 1 unspecified atom stereocenters. The molecule has 3 N–H and O–H groups in total. The molecule has 2 aromatic heterocycles. The van der Waals surface area contributed by atoms with Gasteiger partial charge in [0.25, 0.3) is 11.5 Å². The molecule has 2 aromatic rings. The molecule has 0 aliphatic carbocycles. The summed E-state index contributed by atoms with van der Waals surface area (Å²) in [5, 5.41) is 3.57. The number of rotatable bonds is 9. The molecule has 2 atom stereocenters. The van der Waals surface area contributed by atoms with E-state index in [9.17, 15) is 9.59 Å². The summed E-state index contributed by atoms with van der Waals surface area (Å²) in [5.74, 6) is 1.22. The second-order valence-electron chi connectivity index (χ2n) is 6.96. The van der Waals surface area contributed by atoms with Gasteiger partial charge in [-0.25, -0.2) is 4.98 Å². The third kappa shape index (κ3) is 4.92. The Morgan fingerprint density at radius 3 is 2.69 bits per heavy atom. The predicted molar refractivity (Wildman–Crippen MR) is 107 cm³/mol. The van der Waals surface area contributed by atoms with E-state index in [1.807, 2.05) is 13.8 Å². The summed E-state index contributed by atoms with van der Waals surface area (Å²) < 4.78 is 0. The van der Waals surface area contributed by atoms with Crippen molar-refractivity contribution in [3.05, 3.63) is 26.6 Å². The lowest BCUT2D eigenvalue weighted by atomic mass is 9.98. The SMILES string of the molecule is CCNC(=O)C[NH+](CC)Cc1nc2sc(C)c(C[C@H](C)CC)c2c(=O)[nH]1. The number of aromatic nitrogens is 2. The summed E-state index contributed by atoms with van der Waals surface area (Å²) in [6, 6.07) is 0. The average molecular weight is 380 g/mol. The molecule has 0 saturated carbocycles. The monoisotopic (exact) mass is 379 g/mol. The lowest BCUT2D eigenvalue weighted by Gasteiger charge is -2.16. The normalized spacial score (nSPS) is 13.7. The zero-order chi connectivity index (χ0) is 19.3. The van der Waals surface area contributed by atoms with Crippen LogP contribution in [0, 0.1) is 12.8 Å². The van der Waals surface area contributed by atoms with Gasteiger partial charge in [-0.05, 0) is 38.7 Å². The van der Waals surface area contributed by atoms with Gasteiger partial charge in [0.15, 0.2) is 12.4 Å². The van der Waals surface area contributed by atoms with Crippen LogP contribution in [0.5, 0.6) is 0 Å². The molecule has 0 bridgehead atoms. The molecule has 0 aliphatic heterocycles. The zero-order valence-electron chi connectivity index (χ0n) is 16.5. The molecule has 2 rings (SSSR count). The number of hydrogen-bond acceptors (Lipinski definition) is 4. The summed E-state index contributed by atoms with van der Waals surface area (Å²) >= 11 is 1.60. The van der Waals surface area contributed by atoms with Crippen molar-refractivity contribution in [1.82, 2.24) is 15.3 Å². The number of nitrogens with one attached hydrogen (secondary N) is 3. The second-order valence-corrected chi connectivity index (χ2v) is 8.16. The summed E-state index contributed by atoms with van der Waals surface area (Å²) in [7, 11) is 0. The lowest BCUT2D eigenvalue weighted by molar-refractivity contribution is -0.904.